The molecule has 1 rings (SSSR count). The number of nitrogens with two attached hydrogens (primary N) is 1. The van der Waals surface area contributed by atoms with Crippen LogP contribution in [0.1, 0.15) is 17.7 Å². The highest BCUT2D eigenvalue weighted by Crippen LogP contribution is 2.32. The molecular weight excluding hydrogens is 258 g/mol. The molecule has 0 amide bonds. The van der Waals surface area contributed by atoms with Gasteiger partial charge in [0.1, 0.15) is 11.4 Å². The number of ether oxygens (including phenoxy) is 1. The highest BCUT2D eigenvalue weighted by molar-refractivity contribution is 9.10. The molecule has 2 N–H and O–H groups in total. The van der Waals surface area contributed by atoms with Crippen molar-refractivity contribution >= 4 is 15.9 Å². The smallest absolute Gasteiger partial charge is 0.281 e. The van der Waals surface area contributed by atoms with Gasteiger partial charge in [-0.2, -0.15) is 0 Å². The maximum atomic E-state index is 12.4. The Labute approximate surface area is 88.4 Å². The van der Waals surface area contributed by atoms with Crippen LogP contribution in [0.15, 0.2) is 10.7 Å². The maximum absolute atomic E-state index is 12.4. The maximum Gasteiger partial charge on any atom is 0.281 e. The van der Waals surface area contributed by atoms with E-state index in [1.165, 1.54) is 13.3 Å². The predicted octanol–water partition coefficient (Wildman–Crippen LogP) is 2.25. The van der Waals surface area contributed by atoms with Gasteiger partial charge in [-0.3, -0.25) is 4.98 Å². The van der Waals surface area contributed by atoms with Crippen molar-refractivity contribution in [1.29, 1.82) is 0 Å². The molecule has 6 heteroatoms. The van der Waals surface area contributed by atoms with E-state index in [0.29, 0.717) is 11.3 Å². The van der Waals surface area contributed by atoms with Gasteiger partial charge in [0, 0.05) is 12.1 Å². The lowest BCUT2D eigenvalue weighted by Crippen LogP contribution is -2.05. The number of methoxy groups -OCH3 is 1. The van der Waals surface area contributed by atoms with E-state index in [9.17, 15) is 8.78 Å². The number of hydrogen-bond donors (Lipinski definition) is 1. The van der Waals surface area contributed by atoms with Crippen LogP contribution in [0.3, 0.4) is 0 Å². The largest absolute Gasteiger partial charge is 0.495 e. The van der Waals surface area contributed by atoms with Gasteiger partial charge in [-0.15, -0.1) is 0 Å². The van der Waals surface area contributed by atoms with Crippen molar-refractivity contribution in [2.45, 2.75) is 13.0 Å². The summed E-state index contributed by atoms with van der Waals surface area (Å²) in [6.45, 7) is 0.117. The lowest BCUT2D eigenvalue weighted by Gasteiger charge is -2.11. The lowest BCUT2D eigenvalue weighted by molar-refractivity contribution is 0.145. The highest BCUT2D eigenvalue weighted by Gasteiger charge is 2.18. The summed E-state index contributed by atoms with van der Waals surface area (Å²) in [7, 11) is 1.44. The average Bonchev–Trinajstić information content (AvgIpc) is 2.16. The molecule has 3 nitrogen and oxygen atoms in total. The zero-order valence-corrected chi connectivity index (χ0v) is 9.01. The molecule has 0 spiro atoms. The minimum Gasteiger partial charge on any atom is -0.495 e. The van der Waals surface area contributed by atoms with Gasteiger partial charge >= 0.3 is 0 Å². The summed E-state index contributed by atoms with van der Waals surface area (Å²) in [5, 5.41) is 0. The van der Waals surface area contributed by atoms with Gasteiger partial charge in [0.2, 0.25) is 0 Å². The summed E-state index contributed by atoms with van der Waals surface area (Å²) in [4.78, 5) is 3.58. The third-order valence-electron chi connectivity index (χ3n) is 1.74. The molecule has 0 unspecified atom stereocenters. The summed E-state index contributed by atoms with van der Waals surface area (Å²) in [6, 6.07) is 0. The Kier molecular flexibility index (Phi) is 3.77. The van der Waals surface area contributed by atoms with Gasteiger partial charge in [-0.1, -0.05) is 0 Å². The van der Waals surface area contributed by atoms with Gasteiger partial charge in [-0.05, 0) is 15.9 Å². The molecule has 0 saturated carbocycles. The van der Waals surface area contributed by atoms with E-state index in [2.05, 4.69) is 20.9 Å². The number of halogens is 3. The Morgan fingerprint density at radius 3 is 2.71 bits per heavy atom. The van der Waals surface area contributed by atoms with Crippen LogP contribution in [0.4, 0.5) is 8.78 Å². The fourth-order valence-electron chi connectivity index (χ4n) is 1.04. The monoisotopic (exact) mass is 266 g/mol. The van der Waals surface area contributed by atoms with E-state index >= 15 is 0 Å². The second-order valence-corrected chi connectivity index (χ2v) is 3.30. The second-order valence-electron chi connectivity index (χ2n) is 2.51. The van der Waals surface area contributed by atoms with Crippen LogP contribution in [-0.4, -0.2) is 12.1 Å². The first-order valence-corrected chi connectivity index (χ1v) is 4.60. The van der Waals surface area contributed by atoms with Crippen molar-refractivity contribution in [2.24, 2.45) is 5.73 Å². The average molecular weight is 267 g/mol. The van der Waals surface area contributed by atoms with Gasteiger partial charge in [0.15, 0.2) is 0 Å². The topological polar surface area (TPSA) is 48.1 Å². The summed E-state index contributed by atoms with van der Waals surface area (Å²) >= 11 is 3.03. The first-order chi connectivity index (χ1) is 6.61. The molecule has 0 aliphatic heterocycles. The van der Waals surface area contributed by atoms with Gasteiger partial charge < -0.3 is 10.5 Å². The Balaban J connectivity index is 3.27. The first kappa shape index (κ1) is 11.3. The van der Waals surface area contributed by atoms with Crippen molar-refractivity contribution < 1.29 is 13.5 Å². The van der Waals surface area contributed by atoms with Gasteiger partial charge in [-0.25, -0.2) is 8.78 Å². The first-order valence-electron chi connectivity index (χ1n) is 3.81. The van der Waals surface area contributed by atoms with Gasteiger partial charge in [0.25, 0.3) is 6.43 Å². The van der Waals surface area contributed by atoms with E-state index in [0.717, 1.165) is 0 Å². The number of nitrogens with zero attached hydrogens (tertiary/aromatic N) is 1. The van der Waals surface area contributed by atoms with Crippen LogP contribution >= 0.6 is 15.9 Å². The van der Waals surface area contributed by atoms with Crippen molar-refractivity contribution in [3.63, 3.8) is 0 Å². The molecule has 0 radical (unpaired) electrons. The molecule has 1 aromatic rings. The zero-order chi connectivity index (χ0) is 10.7. The van der Waals surface area contributed by atoms with Crippen LogP contribution in [0.25, 0.3) is 0 Å². The van der Waals surface area contributed by atoms with Gasteiger partial charge in [0.05, 0.1) is 17.8 Å². The Morgan fingerprint density at radius 2 is 2.29 bits per heavy atom. The predicted molar refractivity (Wildman–Crippen MR) is 51.3 cm³/mol. The molecule has 0 saturated heterocycles. The number of hydrogen-bond acceptors (Lipinski definition) is 3. The minimum atomic E-state index is -2.62. The summed E-state index contributed by atoms with van der Waals surface area (Å²) < 4.78 is 30.0. The van der Waals surface area contributed by atoms with Crippen LogP contribution in [0, 0.1) is 0 Å². The number of alkyl halides is 2. The SMILES string of the molecule is COc1cnc(C(F)F)c(Br)c1CN. The highest BCUT2D eigenvalue weighted by atomic mass is 79.9. The molecule has 0 atom stereocenters. The molecule has 0 aliphatic rings. The summed E-state index contributed by atoms with van der Waals surface area (Å²) in [5.74, 6) is 0.406. The molecule has 0 aromatic carbocycles. The van der Waals surface area contributed by atoms with Crippen LogP contribution in [0.2, 0.25) is 0 Å². The molecule has 14 heavy (non-hydrogen) atoms. The fraction of sp³-hybridized carbons (Fsp3) is 0.375. The molecule has 0 fully saturated rings. The number of aromatic nitrogens is 1. The number of pyridine rings is 1. The summed E-state index contributed by atoms with van der Waals surface area (Å²) in [6.07, 6.45) is -1.38. The van der Waals surface area contributed by atoms with E-state index in [4.69, 9.17) is 10.5 Å². The summed E-state index contributed by atoms with van der Waals surface area (Å²) in [5.41, 5.74) is 5.60. The van der Waals surface area contributed by atoms with Crippen LogP contribution in [0.5, 0.6) is 5.75 Å². The molecule has 1 aromatic heterocycles. The van der Waals surface area contributed by atoms with E-state index < -0.39 is 6.43 Å². The molecule has 78 valence electrons. The minimum absolute atomic E-state index is 0.117. The standard InChI is InChI=1S/C8H9BrF2N2O/c1-14-5-3-13-7(8(10)11)6(9)4(5)2-12/h3,8H,2,12H2,1H3. The van der Waals surface area contributed by atoms with E-state index in [1.54, 1.807) is 0 Å². The molecular formula is C8H9BrF2N2O. The quantitative estimate of drug-likeness (QED) is 0.913. The number of rotatable bonds is 3. The van der Waals surface area contributed by atoms with Crippen molar-refractivity contribution in [3.05, 3.63) is 21.9 Å². The zero-order valence-electron chi connectivity index (χ0n) is 7.43. The molecule has 0 aliphatic carbocycles. The fourth-order valence-corrected chi connectivity index (χ4v) is 1.68. The molecule has 1 heterocycles. The Morgan fingerprint density at radius 1 is 1.64 bits per heavy atom. The van der Waals surface area contributed by atoms with E-state index in [-0.39, 0.29) is 16.7 Å². The van der Waals surface area contributed by atoms with Crippen LogP contribution in [-0.2, 0) is 6.54 Å². The van der Waals surface area contributed by atoms with Crippen LogP contribution < -0.4 is 10.5 Å². The third kappa shape index (κ3) is 2.01. The molecule has 0 bridgehead atoms. The Bertz CT molecular complexity index is 333. The lowest BCUT2D eigenvalue weighted by atomic mass is 10.2. The van der Waals surface area contributed by atoms with Crippen molar-refractivity contribution in [2.75, 3.05) is 7.11 Å². The van der Waals surface area contributed by atoms with Crippen molar-refractivity contribution in [1.82, 2.24) is 4.98 Å². The second kappa shape index (κ2) is 4.65. The Hall–Kier alpha value is -0.750. The van der Waals surface area contributed by atoms with E-state index in [1.807, 2.05) is 0 Å². The normalized spacial score (nSPS) is 10.7. The van der Waals surface area contributed by atoms with Crippen molar-refractivity contribution in [3.8, 4) is 5.75 Å². The third-order valence-corrected chi connectivity index (χ3v) is 2.62.